The highest BCUT2D eigenvalue weighted by Crippen LogP contribution is 2.24. The Balaban J connectivity index is 1.65. The molecule has 3 rings (SSSR count). The molecule has 0 amide bonds. The number of azo groups is 1. The molecule has 8 nitrogen and oxygen atoms in total. The van der Waals surface area contributed by atoms with Crippen molar-refractivity contribution in [2.45, 2.75) is 0 Å². The molecule has 0 aliphatic heterocycles. The lowest BCUT2D eigenvalue weighted by molar-refractivity contribution is 0.442. The summed E-state index contributed by atoms with van der Waals surface area (Å²) in [5, 5.41) is 21.6. The molecule has 1 N–H and O–H groups in total. The summed E-state index contributed by atoms with van der Waals surface area (Å²) in [6.45, 7) is 0. The highest BCUT2D eigenvalue weighted by molar-refractivity contribution is 5.52. The Labute approximate surface area is 132 Å². The van der Waals surface area contributed by atoms with E-state index in [0.717, 1.165) is 17.1 Å². The third-order valence-corrected chi connectivity index (χ3v) is 3.02. The van der Waals surface area contributed by atoms with Gasteiger partial charge in [0.15, 0.2) is 0 Å². The Hall–Kier alpha value is -3.29. The van der Waals surface area contributed by atoms with Crippen LogP contribution in [0.25, 0.3) is 0 Å². The first-order chi connectivity index (χ1) is 11.2. The molecule has 3 aromatic rings. The molecule has 0 aliphatic rings. The fraction of sp³-hybridized carbons (Fsp3) is 0.133. The molecule has 0 radical (unpaired) electrons. The Morgan fingerprint density at radius 1 is 0.913 bits per heavy atom. The number of nitrogens with one attached hydrogen (secondary N) is 1. The topological polar surface area (TPSA) is 91.6 Å². The predicted molar refractivity (Wildman–Crippen MR) is 85.6 cm³/mol. The molecule has 1 aromatic heterocycles. The molecule has 0 spiro atoms. The van der Waals surface area contributed by atoms with Crippen LogP contribution in [0.5, 0.6) is 11.8 Å². The molecule has 8 heteroatoms. The van der Waals surface area contributed by atoms with Crippen LogP contribution in [0.2, 0.25) is 0 Å². The fourth-order valence-electron chi connectivity index (χ4n) is 1.82. The molecule has 0 bridgehead atoms. The van der Waals surface area contributed by atoms with E-state index in [1.54, 1.807) is 24.3 Å². The van der Waals surface area contributed by atoms with Gasteiger partial charge in [0.2, 0.25) is 0 Å². The van der Waals surface area contributed by atoms with Crippen molar-refractivity contribution in [3.05, 3.63) is 48.5 Å². The number of anilines is 1. The molecular formula is C15H15N7O. The molecule has 23 heavy (non-hydrogen) atoms. The average Bonchev–Trinajstić information content (AvgIpc) is 3.07. The van der Waals surface area contributed by atoms with Crippen LogP contribution in [0, 0.1) is 0 Å². The number of ether oxygens (including phenoxy) is 1. The van der Waals surface area contributed by atoms with Crippen LogP contribution in [0.4, 0.5) is 17.1 Å². The van der Waals surface area contributed by atoms with Gasteiger partial charge in [0.25, 0.3) is 0 Å². The number of aromatic amines is 1. The lowest BCUT2D eigenvalue weighted by Gasteiger charge is -2.11. The summed E-state index contributed by atoms with van der Waals surface area (Å²) in [6, 6.07) is 15.1. The molecule has 0 saturated heterocycles. The van der Waals surface area contributed by atoms with Gasteiger partial charge in [0.1, 0.15) is 5.75 Å². The smallest absolute Gasteiger partial charge is 0.361 e. The second-order valence-corrected chi connectivity index (χ2v) is 4.90. The molecule has 0 unspecified atom stereocenters. The van der Waals surface area contributed by atoms with E-state index in [0.29, 0.717) is 5.75 Å². The summed E-state index contributed by atoms with van der Waals surface area (Å²) < 4.78 is 5.38. The van der Waals surface area contributed by atoms with Gasteiger partial charge in [-0.2, -0.15) is 15.4 Å². The van der Waals surface area contributed by atoms with Crippen molar-refractivity contribution >= 4 is 17.1 Å². The number of rotatable bonds is 5. The van der Waals surface area contributed by atoms with Gasteiger partial charge in [0, 0.05) is 19.8 Å². The monoisotopic (exact) mass is 309 g/mol. The van der Waals surface area contributed by atoms with Crippen molar-refractivity contribution in [3.63, 3.8) is 0 Å². The molecule has 0 fully saturated rings. The predicted octanol–water partition coefficient (Wildman–Crippen LogP) is 3.47. The summed E-state index contributed by atoms with van der Waals surface area (Å²) in [6.07, 6.45) is 0. The Kier molecular flexibility index (Phi) is 4.23. The Morgan fingerprint density at radius 3 is 2.04 bits per heavy atom. The van der Waals surface area contributed by atoms with Crippen molar-refractivity contribution in [3.8, 4) is 11.8 Å². The second-order valence-electron chi connectivity index (χ2n) is 4.90. The maximum absolute atomic E-state index is 5.38. The lowest BCUT2D eigenvalue weighted by atomic mass is 10.3. The zero-order chi connectivity index (χ0) is 16.1. The summed E-state index contributed by atoms with van der Waals surface area (Å²) in [5.74, 6) is 0.598. The second kappa shape index (κ2) is 6.65. The number of nitrogens with zero attached hydrogens (tertiary/aromatic N) is 6. The summed E-state index contributed by atoms with van der Waals surface area (Å²) in [5.41, 5.74) is 2.64. The van der Waals surface area contributed by atoms with Crippen LogP contribution in [0.3, 0.4) is 0 Å². The van der Waals surface area contributed by atoms with Crippen LogP contribution in [0.15, 0.2) is 58.8 Å². The van der Waals surface area contributed by atoms with Gasteiger partial charge in [-0.25, -0.2) is 0 Å². The van der Waals surface area contributed by atoms with E-state index in [4.69, 9.17) is 4.74 Å². The molecular weight excluding hydrogens is 294 g/mol. The first-order valence-corrected chi connectivity index (χ1v) is 6.91. The fourth-order valence-corrected chi connectivity index (χ4v) is 1.82. The quantitative estimate of drug-likeness (QED) is 0.728. The van der Waals surface area contributed by atoms with Crippen LogP contribution in [0.1, 0.15) is 0 Å². The van der Waals surface area contributed by atoms with Gasteiger partial charge < -0.3 is 9.64 Å². The number of hydrogen-bond acceptors (Lipinski definition) is 7. The summed E-state index contributed by atoms with van der Waals surface area (Å²) >= 11 is 0. The van der Waals surface area contributed by atoms with Crippen molar-refractivity contribution in [1.29, 1.82) is 0 Å². The molecule has 0 aliphatic carbocycles. The van der Waals surface area contributed by atoms with Crippen molar-refractivity contribution in [1.82, 2.24) is 20.6 Å². The van der Waals surface area contributed by atoms with Crippen molar-refractivity contribution in [2.75, 3.05) is 19.0 Å². The Bertz CT molecular complexity index is 765. The number of tetrazole rings is 1. The first-order valence-electron chi connectivity index (χ1n) is 6.91. The van der Waals surface area contributed by atoms with E-state index in [1.807, 2.05) is 43.3 Å². The zero-order valence-electron chi connectivity index (χ0n) is 12.7. The zero-order valence-corrected chi connectivity index (χ0v) is 12.7. The van der Waals surface area contributed by atoms with E-state index in [9.17, 15) is 0 Å². The van der Waals surface area contributed by atoms with Gasteiger partial charge >= 0.3 is 6.01 Å². The number of aromatic nitrogens is 4. The van der Waals surface area contributed by atoms with Gasteiger partial charge in [-0.15, -0.1) is 0 Å². The summed E-state index contributed by atoms with van der Waals surface area (Å²) in [7, 11) is 3.99. The number of benzene rings is 2. The summed E-state index contributed by atoms with van der Waals surface area (Å²) in [4.78, 5) is 2.03. The third-order valence-electron chi connectivity index (χ3n) is 3.02. The van der Waals surface area contributed by atoms with E-state index in [1.165, 1.54) is 0 Å². The van der Waals surface area contributed by atoms with E-state index in [-0.39, 0.29) is 6.01 Å². The minimum atomic E-state index is 0.167. The van der Waals surface area contributed by atoms with E-state index < -0.39 is 0 Å². The average molecular weight is 309 g/mol. The van der Waals surface area contributed by atoms with Crippen LogP contribution in [-0.2, 0) is 0 Å². The van der Waals surface area contributed by atoms with Gasteiger partial charge in [-0.05, 0) is 53.7 Å². The Morgan fingerprint density at radius 2 is 1.52 bits per heavy atom. The molecule has 116 valence electrons. The van der Waals surface area contributed by atoms with Crippen LogP contribution in [-0.4, -0.2) is 34.7 Å². The largest absolute Gasteiger partial charge is 0.422 e. The first kappa shape index (κ1) is 14.6. The molecule has 2 aromatic carbocycles. The van der Waals surface area contributed by atoms with E-state index >= 15 is 0 Å². The van der Waals surface area contributed by atoms with Gasteiger partial charge in [-0.3, -0.25) is 0 Å². The van der Waals surface area contributed by atoms with E-state index in [2.05, 4.69) is 30.9 Å². The van der Waals surface area contributed by atoms with Crippen molar-refractivity contribution in [2.24, 2.45) is 10.2 Å². The minimum absolute atomic E-state index is 0.167. The van der Waals surface area contributed by atoms with Gasteiger partial charge in [-0.1, -0.05) is 10.2 Å². The lowest BCUT2D eigenvalue weighted by Crippen LogP contribution is -2.07. The molecule has 0 atom stereocenters. The maximum atomic E-state index is 5.38. The minimum Gasteiger partial charge on any atom is -0.422 e. The standard InChI is InChI=1S/C15H15N7O/c1-22(2)13-7-3-11(4-8-13)16-17-12-5-9-14(10-6-12)23-15-18-20-21-19-15/h3-10H,1-2H3,(H,18,19,20,21). The van der Waals surface area contributed by atoms with Crippen LogP contribution < -0.4 is 9.64 Å². The highest BCUT2D eigenvalue weighted by Gasteiger charge is 2.01. The third kappa shape index (κ3) is 3.88. The number of H-pyrrole nitrogens is 1. The molecule has 0 saturated carbocycles. The van der Waals surface area contributed by atoms with Gasteiger partial charge in [0.05, 0.1) is 11.4 Å². The molecule has 1 heterocycles. The SMILES string of the molecule is CN(C)c1ccc(N=Nc2ccc(Oc3nn[nH]n3)cc2)cc1. The van der Waals surface area contributed by atoms with Crippen LogP contribution >= 0.6 is 0 Å². The maximum Gasteiger partial charge on any atom is 0.361 e. The highest BCUT2D eigenvalue weighted by atomic mass is 16.5. The normalized spacial score (nSPS) is 10.9. The number of hydrogen-bond donors (Lipinski definition) is 1. The van der Waals surface area contributed by atoms with Crippen molar-refractivity contribution < 1.29 is 4.74 Å².